The molecule has 2 unspecified atom stereocenters. The molecule has 0 saturated carbocycles. The smallest absolute Gasteiger partial charge is 0.242 e. The van der Waals surface area contributed by atoms with E-state index in [9.17, 15) is 21.6 Å². The van der Waals surface area contributed by atoms with Gasteiger partial charge in [0.25, 0.3) is 0 Å². The van der Waals surface area contributed by atoms with Crippen LogP contribution in [0.25, 0.3) is 22.2 Å². The third kappa shape index (κ3) is 5.91. The Balaban J connectivity index is 1.28. The lowest BCUT2D eigenvalue weighted by Gasteiger charge is -2.18. The van der Waals surface area contributed by atoms with E-state index in [1.54, 1.807) is 60.7 Å². The quantitative estimate of drug-likeness (QED) is 0.236. The molecule has 5 aromatic rings. The molecule has 3 N–H and O–H groups in total. The van der Waals surface area contributed by atoms with Gasteiger partial charge in [0.2, 0.25) is 26.0 Å². The number of fused-ring (bicyclic) bond motifs is 1. The van der Waals surface area contributed by atoms with Gasteiger partial charge in [-0.1, -0.05) is 60.7 Å². The lowest BCUT2D eigenvalue weighted by Crippen LogP contribution is -2.31. The fourth-order valence-electron chi connectivity index (χ4n) is 5.10. The second-order valence-electron chi connectivity index (χ2n) is 10.2. The Kier molecular flexibility index (Phi) is 7.31. The molecular weight excluding hydrogens is 587 g/mol. The molecule has 4 aromatic carbocycles. The van der Waals surface area contributed by atoms with Gasteiger partial charge in [-0.25, -0.2) is 26.5 Å². The molecule has 0 aliphatic carbocycles. The number of H-pyrrole nitrogens is 1. The SMILES string of the molecule is N#Cc1ccc(-c2ccc(S(=O)(=O)NC(Cc3ccc(C4CC(=O)NS4(=O)=O)cc3)c3nc4ccccc4[nH]3)cc2)cc1. The summed E-state index contributed by atoms with van der Waals surface area (Å²) >= 11 is 0. The molecule has 12 heteroatoms. The van der Waals surface area contributed by atoms with E-state index in [1.165, 1.54) is 12.1 Å². The van der Waals surface area contributed by atoms with Crippen molar-refractivity contribution >= 4 is 37.0 Å². The predicted molar refractivity (Wildman–Crippen MR) is 160 cm³/mol. The molecule has 1 saturated heterocycles. The number of hydrogen-bond acceptors (Lipinski definition) is 7. The predicted octanol–water partition coefficient (Wildman–Crippen LogP) is 4.25. The molecule has 10 nitrogen and oxygen atoms in total. The lowest BCUT2D eigenvalue weighted by molar-refractivity contribution is -0.118. The van der Waals surface area contributed by atoms with Crippen molar-refractivity contribution in [1.29, 1.82) is 5.26 Å². The summed E-state index contributed by atoms with van der Waals surface area (Å²) in [5, 5.41) is 8.07. The number of para-hydroxylation sites is 2. The minimum absolute atomic E-state index is 0.0740. The molecule has 0 spiro atoms. The van der Waals surface area contributed by atoms with Gasteiger partial charge in [-0.2, -0.15) is 5.26 Å². The highest BCUT2D eigenvalue weighted by Gasteiger charge is 2.37. The third-order valence-corrected chi connectivity index (χ3v) is 10.5. The molecule has 43 heavy (non-hydrogen) atoms. The largest absolute Gasteiger partial charge is 0.341 e. The topological polar surface area (TPSA) is 162 Å². The van der Waals surface area contributed by atoms with Crippen LogP contribution in [0, 0.1) is 11.3 Å². The second kappa shape index (κ2) is 11.1. The van der Waals surface area contributed by atoms with E-state index in [0.717, 1.165) is 22.2 Å². The van der Waals surface area contributed by atoms with Crippen LogP contribution in [-0.2, 0) is 31.3 Å². The number of imidazole rings is 1. The van der Waals surface area contributed by atoms with E-state index >= 15 is 0 Å². The van der Waals surface area contributed by atoms with Crippen LogP contribution >= 0.6 is 0 Å². The van der Waals surface area contributed by atoms with Crippen molar-refractivity contribution in [2.75, 3.05) is 0 Å². The number of aromatic amines is 1. The Morgan fingerprint density at radius 1 is 0.930 bits per heavy atom. The highest BCUT2D eigenvalue weighted by atomic mass is 32.2. The molecule has 1 aromatic heterocycles. The number of carbonyl (C=O) groups is 1. The Morgan fingerprint density at radius 2 is 1.58 bits per heavy atom. The third-order valence-electron chi connectivity index (χ3n) is 7.34. The van der Waals surface area contributed by atoms with E-state index in [1.807, 2.05) is 29.0 Å². The highest BCUT2D eigenvalue weighted by molar-refractivity contribution is 7.90. The average molecular weight is 612 g/mol. The normalized spacial score (nSPS) is 16.9. The van der Waals surface area contributed by atoms with E-state index in [0.29, 0.717) is 22.5 Å². The number of nitriles is 1. The zero-order valence-corrected chi connectivity index (χ0v) is 24.2. The Hall–Kier alpha value is -4.83. The maximum atomic E-state index is 13.6. The van der Waals surface area contributed by atoms with Crippen LogP contribution in [0.15, 0.2) is 102 Å². The van der Waals surface area contributed by atoms with E-state index < -0.39 is 37.2 Å². The fourth-order valence-corrected chi connectivity index (χ4v) is 7.73. The molecule has 2 atom stereocenters. The molecule has 1 fully saturated rings. The summed E-state index contributed by atoms with van der Waals surface area (Å²) in [7, 11) is -7.78. The molecule has 1 aliphatic rings. The molecule has 216 valence electrons. The van der Waals surface area contributed by atoms with Gasteiger partial charge in [-0.15, -0.1) is 0 Å². The van der Waals surface area contributed by atoms with Gasteiger partial charge < -0.3 is 4.98 Å². The number of aromatic nitrogens is 2. The summed E-state index contributed by atoms with van der Waals surface area (Å²) in [5.74, 6) is -0.116. The molecule has 0 bridgehead atoms. The van der Waals surface area contributed by atoms with Crippen molar-refractivity contribution in [2.24, 2.45) is 0 Å². The zero-order chi connectivity index (χ0) is 30.2. The van der Waals surface area contributed by atoms with Crippen LogP contribution < -0.4 is 9.44 Å². The number of benzene rings is 4. The van der Waals surface area contributed by atoms with Crippen molar-refractivity contribution in [2.45, 2.75) is 29.0 Å². The second-order valence-corrected chi connectivity index (χ2v) is 13.8. The fraction of sp³-hybridized carbons (Fsp3) is 0.129. The van der Waals surface area contributed by atoms with Crippen LogP contribution in [0.3, 0.4) is 0 Å². The Bertz CT molecular complexity index is 2050. The summed E-state index contributed by atoms with van der Waals surface area (Å²) in [6.45, 7) is 0. The van der Waals surface area contributed by atoms with Crippen molar-refractivity contribution in [3.8, 4) is 17.2 Å². The average Bonchev–Trinajstić information content (AvgIpc) is 3.56. The molecule has 1 aliphatic heterocycles. The standard InChI is InChI=1S/C31H25N5O5S2/c32-19-21-7-9-22(10-8-21)23-13-15-25(16-14-23)42(38,39)35-28(31-33-26-3-1-2-4-27(26)34-31)17-20-5-11-24(12-6-20)29-18-30(37)36-43(29,40)41/h1-16,28-29,35H,17-18H2,(H,33,34)(H,36,37). The Morgan fingerprint density at radius 3 is 2.19 bits per heavy atom. The van der Waals surface area contributed by atoms with Crippen LogP contribution in [0.2, 0.25) is 0 Å². The number of carbonyl (C=O) groups excluding carboxylic acids is 1. The van der Waals surface area contributed by atoms with Crippen LogP contribution in [0.4, 0.5) is 0 Å². The van der Waals surface area contributed by atoms with Gasteiger partial charge >= 0.3 is 0 Å². The lowest BCUT2D eigenvalue weighted by atomic mass is 10.0. The number of sulfonamides is 2. The van der Waals surface area contributed by atoms with Crippen molar-refractivity contribution in [3.63, 3.8) is 0 Å². The molecular formula is C31H25N5O5S2. The number of nitrogens with zero attached hydrogens (tertiary/aromatic N) is 2. The molecule has 2 heterocycles. The van der Waals surface area contributed by atoms with E-state index in [-0.39, 0.29) is 17.7 Å². The summed E-state index contributed by atoms with van der Waals surface area (Å²) in [6, 6.07) is 28.9. The number of amides is 1. The van der Waals surface area contributed by atoms with E-state index in [2.05, 4.69) is 20.8 Å². The summed E-state index contributed by atoms with van der Waals surface area (Å²) in [5.41, 5.74) is 4.85. The summed E-state index contributed by atoms with van der Waals surface area (Å²) in [4.78, 5) is 19.6. The van der Waals surface area contributed by atoms with Crippen molar-refractivity contribution in [3.05, 3.63) is 120 Å². The van der Waals surface area contributed by atoms with E-state index in [4.69, 9.17) is 5.26 Å². The minimum Gasteiger partial charge on any atom is -0.341 e. The molecule has 6 rings (SSSR count). The zero-order valence-electron chi connectivity index (χ0n) is 22.6. The van der Waals surface area contributed by atoms with Crippen molar-refractivity contribution < 1.29 is 21.6 Å². The summed E-state index contributed by atoms with van der Waals surface area (Å²) < 4.78 is 56.6. The van der Waals surface area contributed by atoms with Crippen LogP contribution in [-0.4, -0.2) is 32.7 Å². The molecule has 0 radical (unpaired) electrons. The van der Waals surface area contributed by atoms with Crippen LogP contribution in [0.5, 0.6) is 0 Å². The van der Waals surface area contributed by atoms with Gasteiger partial charge in [-0.3, -0.25) is 9.52 Å². The first-order chi connectivity index (χ1) is 20.6. The maximum absolute atomic E-state index is 13.6. The number of rotatable bonds is 8. The first-order valence-corrected chi connectivity index (χ1v) is 16.4. The van der Waals surface area contributed by atoms with Crippen molar-refractivity contribution in [1.82, 2.24) is 19.4 Å². The number of nitrogens with one attached hydrogen (secondary N) is 3. The first kappa shape index (κ1) is 28.3. The highest BCUT2D eigenvalue weighted by Crippen LogP contribution is 2.31. The van der Waals surface area contributed by atoms with Gasteiger partial charge in [0.15, 0.2) is 0 Å². The number of hydrogen-bond donors (Lipinski definition) is 3. The Labute approximate surface area is 248 Å². The maximum Gasteiger partial charge on any atom is 0.242 e. The van der Waals surface area contributed by atoms with Gasteiger partial charge in [0.05, 0.1) is 40.0 Å². The summed E-state index contributed by atoms with van der Waals surface area (Å²) in [6.07, 6.45) is 0.0737. The van der Waals surface area contributed by atoms with Gasteiger partial charge in [0, 0.05) is 0 Å². The molecule has 1 amide bonds. The monoisotopic (exact) mass is 611 g/mol. The van der Waals surface area contributed by atoms with Gasteiger partial charge in [-0.05, 0) is 65.1 Å². The minimum atomic E-state index is -4.00. The van der Waals surface area contributed by atoms with Crippen LogP contribution in [0.1, 0.15) is 40.2 Å². The first-order valence-electron chi connectivity index (χ1n) is 13.3. The van der Waals surface area contributed by atoms with Gasteiger partial charge in [0.1, 0.15) is 11.1 Å².